The van der Waals surface area contributed by atoms with Gasteiger partial charge in [0.25, 0.3) is 0 Å². The molecule has 0 aliphatic carbocycles. The Bertz CT molecular complexity index is 141. The Morgan fingerprint density at radius 2 is 2.25 bits per heavy atom. The van der Waals surface area contributed by atoms with E-state index in [1.165, 1.54) is 0 Å². The van der Waals surface area contributed by atoms with Crippen LogP contribution in [0, 0.1) is 5.92 Å². The molecule has 0 spiro atoms. The highest BCUT2D eigenvalue weighted by atomic mass is 31.1. The van der Waals surface area contributed by atoms with E-state index in [1.54, 1.807) is 0 Å². The van der Waals surface area contributed by atoms with Crippen LogP contribution in [0.25, 0.3) is 0 Å². The van der Waals surface area contributed by atoms with Crippen LogP contribution in [0.3, 0.4) is 0 Å². The molecule has 0 aromatic rings. The molecule has 1 amide bonds. The second-order valence-electron chi connectivity index (χ2n) is 3.57. The van der Waals surface area contributed by atoms with Gasteiger partial charge < -0.3 is 9.42 Å². The predicted molar refractivity (Wildman–Crippen MR) is 48.7 cm³/mol. The fraction of sp³-hybridized carbons (Fsp3) is 0.857. The lowest BCUT2D eigenvalue weighted by molar-refractivity contribution is -0.808. The molecule has 12 heavy (non-hydrogen) atoms. The summed E-state index contributed by atoms with van der Waals surface area (Å²) >= 11 is 0. The highest BCUT2D eigenvalue weighted by Gasteiger charge is 2.18. The quantitative estimate of drug-likeness (QED) is 0.377. The Morgan fingerprint density at radius 1 is 1.67 bits per heavy atom. The normalized spacial score (nSPS) is 15.3. The maximum atomic E-state index is 10.5. The Morgan fingerprint density at radius 3 is 2.67 bits per heavy atom. The summed E-state index contributed by atoms with van der Waals surface area (Å²) in [6, 6.07) is 0. The van der Waals surface area contributed by atoms with E-state index in [9.17, 15) is 4.79 Å². The highest BCUT2D eigenvalue weighted by Crippen LogP contribution is 2.09. The number of carbonyl (C=O) groups is 1. The van der Waals surface area contributed by atoms with Crippen molar-refractivity contribution in [3.05, 3.63) is 0 Å². The van der Waals surface area contributed by atoms with Crippen LogP contribution in [0.15, 0.2) is 0 Å². The lowest BCUT2D eigenvalue weighted by Gasteiger charge is -2.24. The van der Waals surface area contributed by atoms with Gasteiger partial charge in [-0.25, -0.2) is 4.79 Å². The fourth-order valence-corrected chi connectivity index (χ4v) is 1.44. The number of nitrogens with zero attached hydrogens (tertiary/aromatic N) is 1. The van der Waals surface area contributed by atoms with Crippen LogP contribution in [-0.2, 0) is 9.32 Å². The van der Waals surface area contributed by atoms with Gasteiger partial charge in [0.15, 0.2) is 9.03 Å². The van der Waals surface area contributed by atoms with E-state index in [4.69, 9.17) is 9.42 Å². The lowest BCUT2D eigenvalue weighted by atomic mass is 10.2. The molecule has 0 heterocycles. The SMILES string of the molecule is CC(COPO)C[N+](C)(C)C=O. The summed E-state index contributed by atoms with van der Waals surface area (Å²) in [5.74, 6) is 0.282. The van der Waals surface area contributed by atoms with E-state index in [-0.39, 0.29) is 5.92 Å². The van der Waals surface area contributed by atoms with E-state index < -0.39 is 9.03 Å². The summed E-state index contributed by atoms with van der Waals surface area (Å²) in [4.78, 5) is 18.9. The van der Waals surface area contributed by atoms with Gasteiger partial charge in [0.2, 0.25) is 0 Å². The molecule has 0 saturated heterocycles. The minimum Gasteiger partial charge on any atom is -0.352 e. The van der Waals surface area contributed by atoms with Crippen molar-refractivity contribution < 1.29 is 18.7 Å². The molecule has 0 saturated carbocycles. The van der Waals surface area contributed by atoms with Crippen LogP contribution >= 0.6 is 9.03 Å². The summed E-state index contributed by atoms with van der Waals surface area (Å²) in [5, 5.41) is 0. The standard InChI is InChI=1S/C7H17NO3P/c1-7(5-11-12-10)4-8(2,3)6-9/h6-7,10,12H,4-5H2,1-3H3/q+1. The van der Waals surface area contributed by atoms with Crippen molar-refractivity contribution in [3.63, 3.8) is 0 Å². The molecule has 4 nitrogen and oxygen atoms in total. The van der Waals surface area contributed by atoms with Crippen LogP contribution in [0.4, 0.5) is 0 Å². The fourth-order valence-electron chi connectivity index (χ4n) is 1.08. The van der Waals surface area contributed by atoms with E-state index in [0.29, 0.717) is 11.1 Å². The van der Waals surface area contributed by atoms with Gasteiger partial charge in [-0.1, -0.05) is 6.92 Å². The van der Waals surface area contributed by atoms with Crippen molar-refractivity contribution in [2.24, 2.45) is 5.92 Å². The Labute approximate surface area is 75.1 Å². The maximum absolute atomic E-state index is 10.5. The number of quaternary nitrogens is 1. The molecule has 0 aromatic heterocycles. The van der Waals surface area contributed by atoms with E-state index in [0.717, 1.165) is 13.0 Å². The summed E-state index contributed by atoms with van der Waals surface area (Å²) in [5.41, 5.74) is 0. The molecule has 0 fully saturated rings. The average Bonchev–Trinajstić information content (AvgIpc) is 2.00. The smallest absolute Gasteiger partial charge is 0.301 e. The summed E-state index contributed by atoms with van der Waals surface area (Å²) < 4.78 is 5.18. The maximum Gasteiger partial charge on any atom is 0.301 e. The van der Waals surface area contributed by atoms with Gasteiger partial charge in [-0.05, 0) is 0 Å². The van der Waals surface area contributed by atoms with Crippen molar-refractivity contribution in [1.29, 1.82) is 0 Å². The van der Waals surface area contributed by atoms with Crippen molar-refractivity contribution in [1.82, 2.24) is 0 Å². The van der Waals surface area contributed by atoms with Crippen molar-refractivity contribution in [2.45, 2.75) is 6.92 Å². The number of carbonyl (C=O) groups excluding carboxylic acids is 1. The van der Waals surface area contributed by atoms with Gasteiger partial charge in [-0.2, -0.15) is 0 Å². The molecule has 0 bridgehead atoms. The van der Waals surface area contributed by atoms with Crippen LogP contribution in [0.1, 0.15) is 6.92 Å². The third-order valence-corrected chi connectivity index (χ3v) is 1.80. The first-order valence-corrected chi connectivity index (χ1v) is 4.67. The molecule has 5 heteroatoms. The second kappa shape index (κ2) is 5.60. The molecule has 0 aliphatic heterocycles. The third-order valence-electron chi connectivity index (χ3n) is 1.50. The van der Waals surface area contributed by atoms with Gasteiger partial charge in [-0.15, -0.1) is 0 Å². The van der Waals surface area contributed by atoms with Crippen molar-refractivity contribution in [3.8, 4) is 0 Å². The van der Waals surface area contributed by atoms with Gasteiger partial charge in [-0.3, -0.25) is 4.48 Å². The zero-order valence-corrected chi connectivity index (χ0v) is 8.78. The molecule has 2 unspecified atom stereocenters. The Kier molecular flexibility index (Phi) is 5.59. The third kappa shape index (κ3) is 5.61. The first kappa shape index (κ1) is 12.0. The predicted octanol–water partition coefficient (Wildman–Crippen LogP) is 0.373. The van der Waals surface area contributed by atoms with Crippen molar-refractivity contribution in [2.75, 3.05) is 27.2 Å². The topological polar surface area (TPSA) is 46.5 Å². The molecule has 0 rings (SSSR count). The molecule has 0 aliphatic rings. The van der Waals surface area contributed by atoms with Crippen LogP contribution in [0.2, 0.25) is 0 Å². The number of amides is 1. The molecule has 72 valence electrons. The molecular formula is C7H17NO3P+. The number of hydrogen-bond donors (Lipinski definition) is 1. The highest BCUT2D eigenvalue weighted by molar-refractivity contribution is 7.24. The molecular weight excluding hydrogens is 177 g/mol. The van der Waals surface area contributed by atoms with E-state index >= 15 is 0 Å². The lowest BCUT2D eigenvalue weighted by Crippen LogP contribution is -2.42. The second-order valence-corrected chi connectivity index (χ2v) is 4.05. The van der Waals surface area contributed by atoms with Gasteiger partial charge in [0.05, 0.1) is 27.2 Å². The zero-order chi connectivity index (χ0) is 9.61. The Hall–Kier alpha value is -0.0200. The van der Waals surface area contributed by atoms with Crippen LogP contribution in [-0.4, -0.2) is 43.0 Å². The molecule has 2 atom stereocenters. The number of hydrogen-bond acceptors (Lipinski definition) is 3. The van der Waals surface area contributed by atoms with Crippen LogP contribution < -0.4 is 0 Å². The van der Waals surface area contributed by atoms with Gasteiger partial charge in [0, 0.05) is 5.92 Å². The minimum atomic E-state index is -0.458. The zero-order valence-electron chi connectivity index (χ0n) is 7.78. The Balaban J connectivity index is 3.67. The first-order valence-electron chi connectivity index (χ1n) is 3.81. The molecule has 0 radical (unpaired) electrons. The minimum absolute atomic E-state index is 0.282. The van der Waals surface area contributed by atoms with Gasteiger partial charge in [0.1, 0.15) is 0 Å². The first-order chi connectivity index (χ1) is 5.52. The average molecular weight is 194 g/mol. The number of rotatable bonds is 6. The summed E-state index contributed by atoms with van der Waals surface area (Å²) in [7, 11) is 3.22. The molecule has 0 aromatic carbocycles. The summed E-state index contributed by atoms with van der Waals surface area (Å²) in [6.07, 6.45) is 0.901. The summed E-state index contributed by atoms with van der Waals surface area (Å²) in [6.45, 7) is 3.22. The van der Waals surface area contributed by atoms with Crippen molar-refractivity contribution >= 4 is 15.4 Å². The largest absolute Gasteiger partial charge is 0.352 e. The van der Waals surface area contributed by atoms with Crippen LogP contribution in [0.5, 0.6) is 0 Å². The molecule has 1 N–H and O–H groups in total. The van der Waals surface area contributed by atoms with E-state index in [2.05, 4.69) is 0 Å². The van der Waals surface area contributed by atoms with E-state index in [1.807, 2.05) is 21.0 Å². The monoisotopic (exact) mass is 194 g/mol. The van der Waals surface area contributed by atoms with Gasteiger partial charge >= 0.3 is 6.41 Å².